The fraction of sp³-hybridized carbons (Fsp3) is 0.929. The molecule has 0 saturated heterocycles. The first-order valence-corrected chi connectivity index (χ1v) is 9.54. The van der Waals surface area contributed by atoms with Gasteiger partial charge in [-0.3, -0.25) is 4.99 Å². The molecule has 8 heteroatoms. The number of sulfonamides is 1. The van der Waals surface area contributed by atoms with Crippen molar-refractivity contribution in [2.45, 2.75) is 46.0 Å². The summed E-state index contributed by atoms with van der Waals surface area (Å²) in [6, 6.07) is 0. The van der Waals surface area contributed by atoms with Gasteiger partial charge in [-0.15, -0.1) is 24.0 Å². The Labute approximate surface area is 152 Å². The average Bonchev–Trinajstić information content (AvgIpc) is 2.43. The molecule has 0 radical (unpaired) electrons. The van der Waals surface area contributed by atoms with Crippen molar-refractivity contribution in [2.24, 2.45) is 10.4 Å². The van der Waals surface area contributed by atoms with Gasteiger partial charge in [0.2, 0.25) is 10.0 Å². The summed E-state index contributed by atoms with van der Waals surface area (Å²) in [5.41, 5.74) is 0.453. The normalized spacial score (nSPS) is 17.3. The Bertz CT molecular complexity index is 431. The maximum Gasteiger partial charge on any atom is 0.211 e. The molecule has 0 spiro atoms. The highest BCUT2D eigenvalue weighted by Crippen LogP contribution is 2.42. The molecule has 0 atom stereocenters. The van der Waals surface area contributed by atoms with Crippen molar-refractivity contribution in [1.29, 1.82) is 0 Å². The molecule has 3 N–H and O–H groups in total. The van der Waals surface area contributed by atoms with E-state index >= 15 is 0 Å². The first-order valence-electron chi connectivity index (χ1n) is 7.89. The minimum atomic E-state index is -3.08. The third-order valence-electron chi connectivity index (χ3n) is 4.37. The van der Waals surface area contributed by atoms with Crippen LogP contribution in [0.15, 0.2) is 4.99 Å². The molecule has 0 amide bonds. The SMILES string of the molecule is CCC1(CNC(=NC)NCCCNS(=O)(=O)CC)CCC1.I. The van der Waals surface area contributed by atoms with Crippen LogP contribution in [0, 0.1) is 5.41 Å². The van der Waals surface area contributed by atoms with Crippen LogP contribution in [0.2, 0.25) is 0 Å². The van der Waals surface area contributed by atoms with Gasteiger partial charge >= 0.3 is 0 Å². The summed E-state index contributed by atoms with van der Waals surface area (Å²) in [5.74, 6) is 0.927. The van der Waals surface area contributed by atoms with Crippen molar-refractivity contribution in [3.05, 3.63) is 0 Å². The molecule has 22 heavy (non-hydrogen) atoms. The van der Waals surface area contributed by atoms with Crippen LogP contribution in [0.5, 0.6) is 0 Å². The molecular formula is C14H31IN4O2S. The molecule has 0 aliphatic heterocycles. The number of nitrogens with zero attached hydrogens (tertiary/aromatic N) is 1. The van der Waals surface area contributed by atoms with E-state index in [4.69, 9.17) is 0 Å². The minimum Gasteiger partial charge on any atom is -0.356 e. The minimum absolute atomic E-state index is 0. The van der Waals surface area contributed by atoms with Gasteiger partial charge in [0.1, 0.15) is 0 Å². The second kappa shape index (κ2) is 10.6. The highest BCUT2D eigenvalue weighted by Gasteiger charge is 2.34. The summed E-state index contributed by atoms with van der Waals surface area (Å²) in [5, 5.41) is 6.60. The molecule has 1 fully saturated rings. The summed E-state index contributed by atoms with van der Waals surface area (Å²) in [4.78, 5) is 4.20. The van der Waals surface area contributed by atoms with Crippen molar-refractivity contribution in [3.63, 3.8) is 0 Å². The molecule has 1 rings (SSSR count). The van der Waals surface area contributed by atoms with Gasteiger partial charge in [0, 0.05) is 26.7 Å². The number of halogens is 1. The molecular weight excluding hydrogens is 415 g/mol. The Morgan fingerprint density at radius 2 is 1.86 bits per heavy atom. The summed E-state index contributed by atoms with van der Waals surface area (Å²) < 4.78 is 25.1. The Hall–Kier alpha value is -0.0900. The van der Waals surface area contributed by atoms with Gasteiger partial charge in [-0.25, -0.2) is 13.1 Å². The van der Waals surface area contributed by atoms with Crippen molar-refractivity contribution >= 4 is 40.0 Å². The summed E-state index contributed by atoms with van der Waals surface area (Å²) in [6.45, 7) is 6.00. The third kappa shape index (κ3) is 7.45. The van der Waals surface area contributed by atoms with Crippen LogP contribution >= 0.6 is 24.0 Å². The number of rotatable bonds is 9. The van der Waals surface area contributed by atoms with E-state index in [0.717, 1.165) is 18.9 Å². The van der Waals surface area contributed by atoms with Gasteiger partial charge in [-0.05, 0) is 38.0 Å². The van der Waals surface area contributed by atoms with Gasteiger partial charge < -0.3 is 10.6 Å². The summed E-state index contributed by atoms with van der Waals surface area (Å²) in [6.07, 6.45) is 5.87. The zero-order valence-electron chi connectivity index (χ0n) is 13.9. The monoisotopic (exact) mass is 446 g/mol. The van der Waals surface area contributed by atoms with Crippen LogP contribution in [0.4, 0.5) is 0 Å². The van der Waals surface area contributed by atoms with Crippen LogP contribution in [-0.4, -0.2) is 46.8 Å². The summed E-state index contributed by atoms with van der Waals surface area (Å²) in [7, 11) is -1.32. The van der Waals surface area contributed by atoms with E-state index in [1.165, 1.54) is 25.7 Å². The van der Waals surface area contributed by atoms with Gasteiger partial charge in [0.15, 0.2) is 5.96 Å². The van der Waals surface area contributed by atoms with E-state index in [2.05, 4.69) is 27.3 Å². The maximum atomic E-state index is 11.3. The molecule has 0 bridgehead atoms. The van der Waals surface area contributed by atoms with Gasteiger partial charge in [-0.2, -0.15) is 0 Å². The molecule has 0 aromatic heterocycles. The predicted octanol–water partition coefficient (Wildman–Crippen LogP) is 1.68. The molecule has 0 aromatic rings. The zero-order chi connectivity index (χ0) is 15.8. The average molecular weight is 446 g/mol. The van der Waals surface area contributed by atoms with Crippen LogP contribution in [0.3, 0.4) is 0 Å². The fourth-order valence-electron chi connectivity index (χ4n) is 2.45. The number of hydrogen-bond donors (Lipinski definition) is 3. The highest BCUT2D eigenvalue weighted by molar-refractivity contribution is 14.0. The smallest absolute Gasteiger partial charge is 0.211 e. The van der Waals surface area contributed by atoms with Gasteiger partial charge in [0.05, 0.1) is 5.75 Å². The quantitative estimate of drug-likeness (QED) is 0.218. The van der Waals surface area contributed by atoms with E-state index in [9.17, 15) is 8.42 Å². The van der Waals surface area contributed by atoms with E-state index in [-0.39, 0.29) is 29.7 Å². The Balaban J connectivity index is 0.00000441. The van der Waals surface area contributed by atoms with Crippen molar-refractivity contribution in [2.75, 3.05) is 32.4 Å². The molecule has 1 aliphatic carbocycles. The Kier molecular flexibility index (Phi) is 10.6. The summed E-state index contributed by atoms with van der Waals surface area (Å²) >= 11 is 0. The second-order valence-corrected chi connectivity index (χ2v) is 7.81. The van der Waals surface area contributed by atoms with Crippen LogP contribution in [0.1, 0.15) is 46.0 Å². The molecule has 1 saturated carbocycles. The first kappa shape index (κ1) is 21.9. The van der Waals surface area contributed by atoms with E-state index in [0.29, 0.717) is 18.5 Å². The van der Waals surface area contributed by atoms with E-state index in [1.54, 1.807) is 14.0 Å². The zero-order valence-corrected chi connectivity index (χ0v) is 17.1. The fourth-order valence-corrected chi connectivity index (χ4v) is 3.11. The number of aliphatic imine (C=N–C) groups is 1. The highest BCUT2D eigenvalue weighted by atomic mass is 127. The third-order valence-corrected chi connectivity index (χ3v) is 5.77. The van der Waals surface area contributed by atoms with Crippen LogP contribution in [-0.2, 0) is 10.0 Å². The lowest BCUT2D eigenvalue weighted by molar-refractivity contribution is 0.131. The Morgan fingerprint density at radius 3 is 2.32 bits per heavy atom. The van der Waals surface area contributed by atoms with Crippen molar-refractivity contribution < 1.29 is 8.42 Å². The van der Waals surface area contributed by atoms with Crippen LogP contribution < -0.4 is 15.4 Å². The Morgan fingerprint density at radius 1 is 1.18 bits per heavy atom. The van der Waals surface area contributed by atoms with Crippen molar-refractivity contribution in [3.8, 4) is 0 Å². The predicted molar refractivity (Wildman–Crippen MR) is 103 cm³/mol. The number of hydrogen-bond acceptors (Lipinski definition) is 3. The van der Waals surface area contributed by atoms with E-state index < -0.39 is 10.0 Å². The van der Waals surface area contributed by atoms with Crippen LogP contribution in [0.25, 0.3) is 0 Å². The standard InChI is InChI=1S/C14H30N4O2S.HI/c1-4-14(8-6-9-14)12-17-13(15-3)16-10-7-11-18-21(19,20)5-2;/h18H,4-12H2,1-3H3,(H2,15,16,17);1H. The maximum absolute atomic E-state index is 11.3. The lowest BCUT2D eigenvalue weighted by atomic mass is 9.67. The molecule has 0 unspecified atom stereocenters. The molecule has 0 heterocycles. The van der Waals surface area contributed by atoms with Gasteiger partial charge in [0.25, 0.3) is 0 Å². The topological polar surface area (TPSA) is 82.6 Å². The first-order chi connectivity index (χ1) is 9.97. The van der Waals surface area contributed by atoms with Gasteiger partial charge in [-0.1, -0.05) is 13.3 Å². The lowest BCUT2D eigenvalue weighted by Gasteiger charge is -2.41. The second-order valence-electron chi connectivity index (χ2n) is 5.71. The van der Waals surface area contributed by atoms with Crippen molar-refractivity contribution in [1.82, 2.24) is 15.4 Å². The number of guanidine groups is 1. The van der Waals surface area contributed by atoms with E-state index in [1.807, 2.05) is 0 Å². The lowest BCUT2D eigenvalue weighted by Crippen LogP contribution is -2.46. The molecule has 6 nitrogen and oxygen atoms in total. The molecule has 0 aromatic carbocycles. The molecule has 1 aliphatic rings. The number of nitrogens with one attached hydrogen (secondary N) is 3. The molecule has 132 valence electrons. The largest absolute Gasteiger partial charge is 0.356 e.